The van der Waals surface area contributed by atoms with Crippen molar-refractivity contribution in [3.05, 3.63) is 41.0 Å². The molecule has 20 heavy (non-hydrogen) atoms. The van der Waals surface area contributed by atoms with E-state index in [1.54, 1.807) is 11.1 Å². The van der Waals surface area contributed by atoms with Crippen molar-refractivity contribution in [2.75, 3.05) is 0 Å². The Bertz CT molecular complexity index is 401. The molecule has 0 spiro atoms. The van der Waals surface area contributed by atoms with E-state index in [2.05, 4.69) is 39.5 Å². The van der Waals surface area contributed by atoms with Gasteiger partial charge >= 0.3 is 0 Å². The van der Waals surface area contributed by atoms with Crippen LogP contribution in [0.25, 0.3) is 6.08 Å². The number of rotatable bonds is 10. The molecule has 1 rings (SSSR count). The van der Waals surface area contributed by atoms with Gasteiger partial charge in [-0.3, -0.25) is 0 Å². The summed E-state index contributed by atoms with van der Waals surface area (Å²) in [5.41, 5.74) is 6.03. The second-order valence-electron chi connectivity index (χ2n) is 5.83. The fourth-order valence-corrected chi connectivity index (χ4v) is 2.73. The molecule has 0 N–H and O–H groups in total. The van der Waals surface area contributed by atoms with E-state index in [1.807, 2.05) is 6.08 Å². The lowest BCUT2D eigenvalue weighted by Crippen LogP contribution is -2.00. The Labute approximate surface area is 126 Å². The van der Waals surface area contributed by atoms with Crippen molar-refractivity contribution in [2.45, 2.75) is 78.6 Å². The predicted octanol–water partition coefficient (Wildman–Crippen LogP) is 6.36. The van der Waals surface area contributed by atoms with Gasteiger partial charge in [0, 0.05) is 0 Å². The molecule has 0 amide bonds. The van der Waals surface area contributed by atoms with Crippen LogP contribution in [0.2, 0.25) is 0 Å². The average molecular weight is 272 g/mol. The Hall–Kier alpha value is -1.04. The molecule has 0 unspecified atom stereocenters. The molecule has 0 aliphatic carbocycles. The first-order valence-electron chi connectivity index (χ1n) is 8.53. The number of hydrogen-bond acceptors (Lipinski definition) is 0. The van der Waals surface area contributed by atoms with Gasteiger partial charge in [-0.25, -0.2) is 0 Å². The van der Waals surface area contributed by atoms with Gasteiger partial charge in [0.25, 0.3) is 0 Å². The zero-order chi connectivity index (χ0) is 14.8. The van der Waals surface area contributed by atoms with Crippen molar-refractivity contribution >= 4 is 6.08 Å². The summed E-state index contributed by atoms with van der Waals surface area (Å²) in [6.07, 6.45) is 13.4. The Kier molecular flexibility index (Phi) is 8.34. The summed E-state index contributed by atoms with van der Waals surface area (Å²) < 4.78 is 0. The predicted molar refractivity (Wildman–Crippen MR) is 92.4 cm³/mol. The van der Waals surface area contributed by atoms with E-state index in [4.69, 9.17) is 0 Å². The Balaban J connectivity index is 3.03. The van der Waals surface area contributed by atoms with Crippen LogP contribution >= 0.6 is 0 Å². The van der Waals surface area contributed by atoms with E-state index in [9.17, 15) is 0 Å². The highest BCUT2D eigenvalue weighted by Crippen LogP contribution is 2.23. The summed E-state index contributed by atoms with van der Waals surface area (Å²) in [7, 11) is 0. The van der Waals surface area contributed by atoms with E-state index in [0.717, 1.165) is 0 Å². The zero-order valence-corrected chi connectivity index (χ0v) is 13.8. The molecule has 1 aromatic rings. The fraction of sp³-hybridized carbons (Fsp3) is 0.600. The van der Waals surface area contributed by atoms with Gasteiger partial charge in [-0.2, -0.15) is 0 Å². The summed E-state index contributed by atoms with van der Waals surface area (Å²) in [5, 5.41) is 0. The molecule has 0 aromatic heterocycles. The lowest BCUT2D eigenvalue weighted by atomic mass is 9.90. The molecule has 1 aromatic carbocycles. The number of benzene rings is 1. The monoisotopic (exact) mass is 272 g/mol. The van der Waals surface area contributed by atoms with Crippen LogP contribution in [0.5, 0.6) is 0 Å². The van der Waals surface area contributed by atoms with Crippen LogP contribution in [-0.4, -0.2) is 0 Å². The zero-order valence-electron chi connectivity index (χ0n) is 13.8. The maximum Gasteiger partial charge on any atom is -0.0227 e. The summed E-state index contributed by atoms with van der Waals surface area (Å²) in [5.74, 6) is 0. The van der Waals surface area contributed by atoms with Crippen LogP contribution in [0.15, 0.2) is 18.7 Å². The third-order valence-electron chi connectivity index (χ3n) is 4.08. The Morgan fingerprint density at radius 3 is 1.65 bits per heavy atom. The maximum absolute atomic E-state index is 4.01. The minimum atomic E-state index is 1.20. The SMILES string of the molecule is C=Cc1cc(CCCC)c(CCCC)cc1CCCC. The minimum absolute atomic E-state index is 1.20. The van der Waals surface area contributed by atoms with E-state index in [0.29, 0.717) is 0 Å². The molecular weight excluding hydrogens is 240 g/mol. The van der Waals surface area contributed by atoms with Gasteiger partial charge in [0.15, 0.2) is 0 Å². The van der Waals surface area contributed by atoms with Gasteiger partial charge in [-0.1, -0.05) is 64.8 Å². The number of unbranched alkanes of at least 4 members (excludes halogenated alkanes) is 3. The summed E-state index contributed by atoms with van der Waals surface area (Å²) in [6.45, 7) is 10.8. The third kappa shape index (κ3) is 5.15. The van der Waals surface area contributed by atoms with Crippen LogP contribution in [0, 0.1) is 0 Å². The normalized spacial score (nSPS) is 10.8. The lowest BCUT2D eigenvalue weighted by molar-refractivity contribution is 0.751. The molecule has 0 heterocycles. The highest BCUT2D eigenvalue weighted by Gasteiger charge is 2.08. The molecular formula is C20H32. The van der Waals surface area contributed by atoms with Crippen LogP contribution in [0.3, 0.4) is 0 Å². The molecule has 0 aliphatic rings. The first kappa shape index (κ1) is 17.0. The molecule has 0 saturated heterocycles. The standard InChI is InChI=1S/C20H32/c1-5-9-12-18-16-20(14-11-7-3)19(13-10-6-2)15-17(18)8-4/h8,15-16H,4-7,9-14H2,1-3H3. The Morgan fingerprint density at radius 1 is 0.750 bits per heavy atom. The van der Waals surface area contributed by atoms with Crippen molar-refractivity contribution < 1.29 is 0 Å². The summed E-state index contributed by atoms with van der Waals surface area (Å²) in [6, 6.07) is 4.89. The topological polar surface area (TPSA) is 0 Å². The minimum Gasteiger partial charge on any atom is -0.0985 e. The summed E-state index contributed by atoms with van der Waals surface area (Å²) >= 11 is 0. The van der Waals surface area contributed by atoms with Crippen molar-refractivity contribution in [1.82, 2.24) is 0 Å². The van der Waals surface area contributed by atoms with Crippen LogP contribution in [0.4, 0.5) is 0 Å². The summed E-state index contributed by atoms with van der Waals surface area (Å²) in [4.78, 5) is 0. The van der Waals surface area contributed by atoms with Gasteiger partial charge in [-0.05, 0) is 60.8 Å². The van der Waals surface area contributed by atoms with Crippen LogP contribution < -0.4 is 0 Å². The molecule has 112 valence electrons. The van der Waals surface area contributed by atoms with Gasteiger partial charge in [0.1, 0.15) is 0 Å². The van der Waals surface area contributed by atoms with Crippen molar-refractivity contribution in [3.8, 4) is 0 Å². The maximum atomic E-state index is 4.01. The van der Waals surface area contributed by atoms with Crippen molar-refractivity contribution in [2.24, 2.45) is 0 Å². The van der Waals surface area contributed by atoms with Crippen LogP contribution in [-0.2, 0) is 19.3 Å². The second-order valence-corrected chi connectivity index (χ2v) is 5.83. The lowest BCUT2D eigenvalue weighted by Gasteiger charge is -2.15. The number of hydrogen-bond donors (Lipinski definition) is 0. The van der Waals surface area contributed by atoms with Gasteiger partial charge < -0.3 is 0 Å². The highest BCUT2D eigenvalue weighted by atomic mass is 14.1. The van der Waals surface area contributed by atoms with E-state index in [-0.39, 0.29) is 0 Å². The van der Waals surface area contributed by atoms with E-state index >= 15 is 0 Å². The fourth-order valence-electron chi connectivity index (χ4n) is 2.73. The molecule has 0 atom stereocenters. The first-order valence-corrected chi connectivity index (χ1v) is 8.53. The molecule has 0 saturated carbocycles. The van der Waals surface area contributed by atoms with E-state index in [1.165, 1.54) is 68.9 Å². The average Bonchev–Trinajstić information content (AvgIpc) is 2.48. The molecule has 0 heteroatoms. The van der Waals surface area contributed by atoms with E-state index < -0.39 is 0 Å². The van der Waals surface area contributed by atoms with Crippen molar-refractivity contribution in [3.63, 3.8) is 0 Å². The van der Waals surface area contributed by atoms with Crippen LogP contribution in [0.1, 0.15) is 81.5 Å². The molecule has 0 aliphatic heterocycles. The smallest absolute Gasteiger partial charge is 0.0227 e. The van der Waals surface area contributed by atoms with Gasteiger partial charge in [-0.15, -0.1) is 0 Å². The third-order valence-corrected chi connectivity index (χ3v) is 4.08. The quantitative estimate of drug-likeness (QED) is 0.465. The molecule has 0 bridgehead atoms. The first-order chi connectivity index (χ1) is 9.76. The molecule has 0 radical (unpaired) electrons. The van der Waals surface area contributed by atoms with Gasteiger partial charge in [0.2, 0.25) is 0 Å². The highest BCUT2D eigenvalue weighted by molar-refractivity contribution is 5.55. The Morgan fingerprint density at radius 2 is 1.20 bits per heavy atom. The van der Waals surface area contributed by atoms with Gasteiger partial charge in [0.05, 0.1) is 0 Å². The molecule has 0 fully saturated rings. The van der Waals surface area contributed by atoms with Crippen molar-refractivity contribution in [1.29, 1.82) is 0 Å². The largest absolute Gasteiger partial charge is 0.0985 e. The number of aryl methyl sites for hydroxylation is 3. The second kappa shape index (κ2) is 9.80. The molecule has 0 nitrogen and oxygen atoms in total.